The Morgan fingerprint density at radius 2 is 1.59 bits per heavy atom. The standard InChI is InChI=1S/C29H28O7S/c1-19-6-10-21(11-7-19)37(31,32)36-27-18-20(9-14-26(27)34-5)8-13-24(30)22-12-15-25(33-4)23-16-17-29(2,3)35-28(22)23/h6-18H,1-5H3. The molecule has 1 aliphatic rings. The summed E-state index contributed by atoms with van der Waals surface area (Å²) in [7, 11) is -1.11. The monoisotopic (exact) mass is 520 g/mol. The Hall–Kier alpha value is -4.04. The smallest absolute Gasteiger partial charge is 0.339 e. The number of ketones is 1. The van der Waals surface area contributed by atoms with Crippen molar-refractivity contribution in [2.24, 2.45) is 0 Å². The third-order valence-electron chi connectivity index (χ3n) is 5.78. The third kappa shape index (κ3) is 5.70. The second kappa shape index (κ2) is 10.1. The van der Waals surface area contributed by atoms with Crippen molar-refractivity contribution in [3.63, 3.8) is 0 Å². The van der Waals surface area contributed by atoms with E-state index >= 15 is 0 Å². The summed E-state index contributed by atoms with van der Waals surface area (Å²) in [4.78, 5) is 13.2. The van der Waals surface area contributed by atoms with Gasteiger partial charge in [0.2, 0.25) is 0 Å². The minimum absolute atomic E-state index is 0.00900. The summed E-state index contributed by atoms with van der Waals surface area (Å²) in [6.07, 6.45) is 6.77. The lowest BCUT2D eigenvalue weighted by atomic mass is 9.97. The number of carbonyl (C=O) groups excluding carboxylic acids is 1. The van der Waals surface area contributed by atoms with Gasteiger partial charge in [-0.15, -0.1) is 0 Å². The fourth-order valence-corrected chi connectivity index (χ4v) is 4.73. The van der Waals surface area contributed by atoms with E-state index in [0.717, 1.165) is 5.56 Å². The first-order chi connectivity index (χ1) is 17.5. The number of hydrogen-bond donors (Lipinski definition) is 0. The summed E-state index contributed by atoms with van der Waals surface area (Å²) in [6.45, 7) is 5.67. The maximum Gasteiger partial charge on any atom is 0.339 e. The Morgan fingerprint density at radius 3 is 2.27 bits per heavy atom. The molecule has 0 saturated heterocycles. The molecule has 37 heavy (non-hydrogen) atoms. The quantitative estimate of drug-likeness (QED) is 0.209. The number of ether oxygens (including phenoxy) is 3. The van der Waals surface area contributed by atoms with Crippen LogP contribution in [0.3, 0.4) is 0 Å². The first-order valence-corrected chi connectivity index (χ1v) is 12.9. The average Bonchev–Trinajstić information content (AvgIpc) is 2.86. The highest BCUT2D eigenvalue weighted by atomic mass is 32.2. The summed E-state index contributed by atoms with van der Waals surface area (Å²) in [6, 6.07) is 14.5. The molecular weight excluding hydrogens is 492 g/mol. The lowest BCUT2D eigenvalue weighted by Crippen LogP contribution is -2.28. The van der Waals surface area contributed by atoms with E-state index in [4.69, 9.17) is 18.4 Å². The fourth-order valence-electron chi connectivity index (χ4n) is 3.80. The van der Waals surface area contributed by atoms with Crippen molar-refractivity contribution in [2.75, 3.05) is 14.2 Å². The number of methoxy groups -OCH3 is 2. The lowest BCUT2D eigenvalue weighted by molar-refractivity contribution is 0.103. The molecular formula is C29H28O7S. The van der Waals surface area contributed by atoms with E-state index < -0.39 is 15.7 Å². The molecule has 0 amide bonds. The predicted octanol–water partition coefficient (Wildman–Crippen LogP) is 5.86. The molecule has 0 fully saturated rings. The number of benzene rings is 3. The summed E-state index contributed by atoms with van der Waals surface area (Å²) in [5.41, 5.74) is 1.98. The number of carbonyl (C=O) groups is 1. The first kappa shape index (κ1) is 26.0. The van der Waals surface area contributed by atoms with Gasteiger partial charge in [0, 0.05) is 0 Å². The minimum Gasteiger partial charge on any atom is -0.496 e. The Labute approximate surface area is 217 Å². The second-order valence-corrected chi connectivity index (χ2v) is 10.6. The molecule has 0 unspecified atom stereocenters. The number of hydrogen-bond acceptors (Lipinski definition) is 7. The van der Waals surface area contributed by atoms with Gasteiger partial charge >= 0.3 is 10.1 Å². The highest BCUT2D eigenvalue weighted by Gasteiger charge is 2.28. The molecule has 0 aromatic heterocycles. The molecule has 192 valence electrons. The van der Waals surface area contributed by atoms with Gasteiger partial charge < -0.3 is 18.4 Å². The van der Waals surface area contributed by atoms with Crippen molar-refractivity contribution in [3.05, 3.63) is 89.0 Å². The SMILES string of the molecule is COc1ccc(C=CC(=O)c2ccc(OC)c3c2OC(C)(C)C=C3)cc1OS(=O)(=O)c1ccc(C)cc1. The predicted molar refractivity (Wildman–Crippen MR) is 142 cm³/mol. The molecule has 8 heteroatoms. The van der Waals surface area contributed by atoms with Gasteiger partial charge in [-0.25, -0.2) is 0 Å². The lowest BCUT2D eigenvalue weighted by Gasteiger charge is -2.29. The van der Waals surface area contributed by atoms with Crippen LogP contribution in [0.2, 0.25) is 0 Å². The third-order valence-corrected chi connectivity index (χ3v) is 7.03. The normalized spacial score (nSPS) is 14.1. The number of allylic oxidation sites excluding steroid dienone is 1. The van der Waals surface area contributed by atoms with Gasteiger partial charge in [0.05, 0.1) is 25.3 Å². The zero-order chi connectivity index (χ0) is 26.8. The van der Waals surface area contributed by atoms with Gasteiger partial charge in [0.1, 0.15) is 22.0 Å². The molecule has 0 spiro atoms. The van der Waals surface area contributed by atoms with E-state index in [-0.39, 0.29) is 22.2 Å². The van der Waals surface area contributed by atoms with E-state index in [1.165, 1.54) is 31.4 Å². The second-order valence-electron chi connectivity index (χ2n) is 9.06. The molecule has 3 aromatic carbocycles. The van der Waals surface area contributed by atoms with Crippen LogP contribution in [0.5, 0.6) is 23.0 Å². The zero-order valence-electron chi connectivity index (χ0n) is 21.3. The van der Waals surface area contributed by atoms with Crippen molar-refractivity contribution in [3.8, 4) is 23.0 Å². The molecule has 0 aliphatic carbocycles. The maximum absolute atomic E-state index is 13.2. The molecule has 0 N–H and O–H groups in total. The fraction of sp³-hybridized carbons (Fsp3) is 0.207. The van der Waals surface area contributed by atoms with Crippen molar-refractivity contribution >= 4 is 28.1 Å². The Morgan fingerprint density at radius 1 is 0.919 bits per heavy atom. The van der Waals surface area contributed by atoms with Crippen LogP contribution in [0.1, 0.15) is 40.9 Å². The van der Waals surface area contributed by atoms with Gasteiger partial charge in [-0.3, -0.25) is 4.79 Å². The molecule has 3 aromatic rings. The zero-order valence-corrected chi connectivity index (χ0v) is 22.1. The number of fused-ring (bicyclic) bond motifs is 1. The maximum atomic E-state index is 13.2. The molecule has 4 rings (SSSR count). The molecule has 0 atom stereocenters. The Kier molecular flexibility index (Phi) is 7.14. The van der Waals surface area contributed by atoms with E-state index in [1.54, 1.807) is 49.6 Å². The van der Waals surface area contributed by atoms with Crippen LogP contribution in [0.4, 0.5) is 0 Å². The number of rotatable bonds is 8. The van der Waals surface area contributed by atoms with E-state index in [0.29, 0.717) is 28.2 Å². The molecule has 1 heterocycles. The molecule has 0 radical (unpaired) electrons. The van der Waals surface area contributed by atoms with E-state index in [9.17, 15) is 13.2 Å². The number of aryl methyl sites for hydroxylation is 1. The highest BCUT2D eigenvalue weighted by molar-refractivity contribution is 7.87. The van der Waals surface area contributed by atoms with Gasteiger partial charge in [-0.1, -0.05) is 29.8 Å². The topological polar surface area (TPSA) is 88.1 Å². The van der Waals surface area contributed by atoms with Gasteiger partial charge in [-0.2, -0.15) is 8.42 Å². The van der Waals surface area contributed by atoms with Gasteiger partial charge in [0.25, 0.3) is 0 Å². The first-order valence-electron chi connectivity index (χ1n) is 11.5. The van der Waals surface area contributed by atoms with Crippen LogP contribution in [0, 0.1) is 6.92 Å². The van der Waals surface area contributed by atoms with Crippen molar-refractivity contribution in [2.45, 2.75) is 31.3 Å². The van der Waals surface area contributed by atoms with Crippen molar-refractivity contribution in [1.29, 1.82) is 0 Å². The van der Waals surface area contributed by atoms with Crippen LogP contribution in [-0.4, -0.2) is 34.0 Å². The van der Waals surface area contributed by atoms with Crippen molar-refractivity contribution < 1.29 is 31.6 Å². The van der Waals surface area contributed by atoms with E-state index in [1.807, 2.05) is 32.9 Å². The largest absolute Gasteiger partial charge is 0.496 e. The van der Waals surface area contributed by atoms with Gasteiger partial charge in [-0.05, 0) is 81.0 Å². The summed E-state index contributed by atoms with van der Waals surface area (Å²) in [5, 5.41) is 0. The summed E-state index contributed by atoms with van der Waals surface area (Å²) < 4.78 is 47.8. The average molecular weight is 521 g/mol. The molecule has 1 aliphatic heterocycles. The van der Waals surface area contributed by atoms with Crippen LogP contribution in [0.15, 0.2) is 71.6 Å². The molecule has 0 saturated carbocycles. The van der Waals surface area contributed by atoms with Crippen LogP contribution in [-0.2, 0) is 10.1 Å². The molecule has 7 nitrogen and oxygen atoms in total. The summed E-state index contributed by atoms with van der Waals surface area (Å²) in [5.74, 6) is 1.02. The van der Waals surface area contributed by atoms with Crippen LogP contribution < -0.4 is 18.4 Å². The summed E-state index contributed by atoms with van der Waals surface area (Å²) >= 11 is 0. The Bertz CT molecular complexity index is 1500. The van der Waals surface area contributed by atoms with Gasteiger partial charge in [0.15, 0.2) is 17.3 Å². The van der Waals surface area contributed by atoms with E-state index in [2.05, 4.69) is 0 Å². The molecule has 0 bridgehead atoms. The minimum atomic E-state index is -4.09. The van der Waals surface area contributed by atoms with Crippen LogP contribution >= 0.6 is 0 Å². The van der Waals surface area contributed by atoms with Crippen molar-refractivity contribution in [1.82, 2.24) is 0 Å². The Balaban J connectivity index is 1.63. The van der Waals surface area contributed by atoms with Crippen LogP contribution in [0.25, 0.3) is 12.2 Å². The highest BCUT2D eigenvalue weighted by Crippen LogP contribution is 2.40.